The molecule has 5 nitrogen and oxygen atoms in total. The number of nitrogen functional groups attached to an aromatic ring is 1. The largest absolute Gasteiger partial charge is 0.397 e. The molecular weight excluding hydrogens is 216 g/mol. The molecule has 2 rings (SSSR count). The minimum atomic E-state index is -0.190. The van der Waals surface area contributed by atoms with Crippen molar-refractivity contribution in [3.63, 3.8) is 0 Å². The van der Waals surface area contributed by atoms with Gasteiger partial charge in [-0.2, -0.15) is 0 Å². The average Bonchev–Trinajstić information content (AvgIpc) is 2.73. The lowest BCUT2D eigenvalue weighted by Gasteiger charge is -2.03. The summed E-state index contributed by atoms with van der Waals surface area (Å²) < 4.78 is 0. The first kappa shape index (κ1) is 11.2. The fourth-order valence-electron chi connectivity index (χ4n) is 1.51. The van der Waals surface area contributed by atoms with Gasteiger partial charge < -0.3 is 16.0 Å². The molecule has 0 unspecified atom stereocenters. The summed E-state index contributed by atoms with van der Waals surface area (Å²) in [5.74, 6) is -0.190. The number of aryl methyl sites for hydroxylation is 1. The van der Waals surface area contributed by atoms with E-state index in [0.29, 0.717) is 17.9 Å². The first-order valence-electron chi connectivity index (χ1n) is 5.30. The lowest BCUT2D eigenvalue weighted by atomic mass is 10.3. The summed E-state index contributed by atoms with van der Waals surface area (Å²) in [5.41, 5.74) is 8.28. The van der Waals surface area contributed by atoms with Crippen molar-refractivity contribution < 1.29 is 4.79 Å². The Balaban J connectivity index is 1.97. The quantitative estimate of drug-likeness (QED) is 0.741. The van der Waals surface area contributed by atoms with Gasteiger partial charge in [0.15, 0.2) is 0 Å². The Morgan fingerprint density at radius 3 is 3.00 bits per heavy atom. The van der Waals surface area contributed by atoms with Gasteiger partial charge in [0.25, 0.3) is 5.91 Å². The van der Waals surface area contributed by atoms with Crippen LogP contribution >= 0.6 is 0 Å². The second-order valence-electron chi connectivity index (χ2n) is 3.80. The molecule has 2 aromatic heterocycles. The summed E-state index contributed by atoms with van der Waals surface area (Å²) in [6.07, 6.45) is 1.58. The van der Waals surface area contributed by atoms with E-state index in [-0.39, 0.29) is 5.91 Å². The van der Waals surface area contributed by atoms with Crippen LogP contribution in [0, 0.1) is 6.92 Å². The Bertz CT molecular complexity index is 533. The maximum absolute atomic E-state index is 11.7. The molecular formula is C12H14N4O. The maximum atomic E-state index is 11.7. The molecule has 0 aliphatic carbocycles. The van der Waals surface area contributed by atoms with E-state index >= 15 is 0 Å². The molecule has 0 aromatic carbocycles. The van der Waals surface area contributed by atoms with Crippen LogP contribution in [0.3, 0.4) is 0 Å². The lowest BCUT2D eigenvalue weighted by molar-refractivity contribution is 0.0946. The standard InChI is InChI=1S/C12H14N4O/c1-8-3-2-4-10(16-8)7-15-12(17)11-5-9(13)6-14-11/h2-6,14H,7,13H2,1H3,(H,15,17). The summed E-state index contributed by atoms with van der Waals surface area (Å²) in [7, 11) is 0. The summed E-state index contributed by atoms with van der Waals surface area (Å²) >= 11 is 0. The molecule has 0 fully saturated rings. The minimum absolute atomic E-state index is 0.190. The number of nitrogens with two attached hydrogens (primary N) is 1. The molecule has 0 saturated carbocycles. The van der Waals surface area contributed by atoms with E-state index < -0.39 is 0 Å². The number of aromatic amines is 1. The smallest absolute Gasteiger partial charge is 0.268 e. The zero-order valence-electron chi connectivity index (χ0n) is 9.53. The van der Waals surface area contributed by atoms with Gasteiger partial charge in [-0.15, -0.1) is 0 Å². The third-order valence-corrected chi connectivity index (χ3v) is 2.33. The van der Waals surface area contributed by atoms with Gasteiger partial charge in [0, 0.05) is 17.6 Å². The van der Waals surface area contributed by atoms with Gasteiger partial charge in [-0.05, 0) is 25.1 Å². The summed E-state index contributed by atoms with van der Waals surface area (Å²) in [4.78, 5) is 18.8. The molecule has 2 aromatic rings. The number of rotatable bonds is 3. The predicted octanol–water partition coefficient (Wildman–Crippen LogP) is 1.23. The first-order valence-corrected chi connectivity index (χ1v) is 5.30. The van der Waals surface area contributed by atoms with Gasteiger partial charge in [-0.25, -0.2) is 0 Å². The van der Waals surface area contributed by atoms with Gasteiger partial charge >= 0.3 is 0 Å². The highest BCUT2D eigenvalue weighted by atomic mass is 16.1. The third-order valence-electron chi connectivity index (χ3n) is 2.33. The van der Waals surface area contributed by atoms with Crippen LogP contribution in [0.5, 0.6) is 0 Å². The van der Waals surface area contributed by atoms with Crippen LogP contribution in [0.15, 0.2) is 30.5 Å². The van der Waals surface area contributed by atoms with E-state index in [1.165, 1.54) is 0 Å². The molecule has 2 heterocycles. The zero-order chi connectivity index (χ0) is 12.3. The molecule has 5 heteroatoms. The van der Waals surface area contributed by atoms with Crippen molar-refractivity contribution in [3.8, 4) is 0 Å². The molecule has 17 heavy (non-hydrogen) atoms. The molecule has 0 atom stereocenters. The number of H-pyrrole nitrogens is 1. The number of carbonyl (C=O) groups excluding carboxylic acids is 1. The van der Waals surface area contributed by atoms with E-state index in [0.717, 1.165) is 11.4 Å². The second-order valence-corrected chi connectivity index (χ2v) is 3.80. The van der Waals surface area contributed by atoms with Crippen LogP contribution in [0.4, 0.5) is 5.69 Å². The molecule has 0 saturated heterocycles. The SMILES string of the molecule is Cc1cccc(CNC(=O)c2cc(N)c[nH]2)n1. The Labute approximate surface area is 99.1 Å². The van der Waals surface area contributed by atoms with Crippen LogP contribution < -0.4 is 11.1 Å². The normalized spacial score (nSPS) is 10.2. The number of nitrogens with zero attached hydrogens (tertiary/aromatic N) is 1. The van der Waals surface area contributed by atoms with Crippen molar-refractivity contribution in [1.82, 2.24) is 15.3 Å². The van der Waals surface area contributed by atoms with Crippen molar-refractivity contribution in [2.45, 2.75) is 13.5 Å². The van der Waals surface area contributed by atoms with Gasteiger partial charge in [0.2, 0.25) is 0 Å². The van der Waals surface area contributed by atoms with Gasteiger partial charge in [0.1, 0.15) is 5.69 Å². The number of hydrogen-bond acceptors (Lipinski definition) is 3. The van der Waals surface area contributed by atoms with Crippen molar-refractivity contribution in [3.05, 3.63) is 47.5 Å². The van der Waals surface area contributed by atoms with Crippen molar-refractivity contribution in [2.75, 3.05) is 5.73 Å². The van der Waals surface area contributed by atoms with Gasteiger partial charge in [0.05, 0.1) is 12.2 Å². The number of amides is 1. The second kappa shape index (κ2) is 4.69. The van der Waals surface area contributed by atoms with Crippen molar-refractivity contribution in [2.24, 2.45) is 0 Å². The highest BCUT2D eigenvalue weighted by Gasteiger charge is 2.07. The van der Waals surface area contributed by atoms with E-state index in [1.54, 1.807) is 12.3 Å². The number of carbonyl (C=O) groups is 1. The van der Waals surface area contributed by atoms with Crippen LogP contribution in [0.1, 0.15) is 21.9 Å². The maximum Gasteiger partial charge on any atom is 0.268 e. The zero-order valence-corrected chi connectivity index (χ0v) is 9.53. The Morgan fingerprint density at radius 1 is 1.53 bits per heavy atom. The first-order chi connectivity index (χ1) is 8.15. The topological polar surface area (TPSA) is 83.8 Å². The molecule has 0 aliphatic heterocycles. The van der Waals surface area contributed by atoms with E-state index in [1.807, 2.05) is 25.1 Å². The molecule has 88 valence electrons. The monoisotopic (exact) mass is 230 g/mol. The highest BCUT2D eigenvalue weighted by Crippen LogP contribution is 2.04. The van der Waals surface area contributed by atoms with E-state index in [2.05, 4.69) is 15.3 Å². The number of nitrogens with one attached hydrogen (secondary N) is 2. The third kappa shape index (κ3) is 2.84. The van der Waals surface area contributed by atoms with Crippen LogP contribution in [-0.4, -0.2) is 15.9 Å². The molecule has 0 aliphatic rings. The van der Waals surface area contributed by atoms with Gasteiger partial charge in [-0.1, -0.05) is 6.07 Å². The Morgan fingerprint density at radius 2 is 2.35 bits per heavy atom. The lowest BCUT2D eigenvalue weighted by Crippen LogP contribution is -2.23. The molecule has 0 bridgehead atoms. The van der Waals surface area contributed by atoms with Gasteiger partial charge in [-0.3, -0.25) is 9.78 Å². The van der Waals surface area contributed by atoms with Crippen LogP contribution in [-0.2, 0) is 6.54 Å². The number of pyridine rings is 1. The Hall–Kier alpha value is -2.30. The van der Waals surface area contributed by atoms with Crippen LogP contribution in [0.2, 0.25) is 0 Å². The predicted molar refractivity (Wildman–Crippen MR) is 65.3 cm³/mol. The fraction of sp³-hybridized carbons (Fsp3) is 0.167. The minimum Gasteiger partial charge on any atom is -0.397 e. The number of aromatic nitrogens is 2. The van der Waals surface area contributed by atoms with Crippen molar-refractivity contribution in [1.29, 1.82) is 0 Å². The highest BCUT2D eigenvalue weighted by molar-refractivity contribution is 5.93. The van der Waals surface area contributed by atoms with Crippen LogP contribution in [0.25, 0.3) is 0 Å². The fourth-order valence-corrected chi connectivity index (χ4v) is 1.51. The van der Waals surface area contributed by atoms with Crippen molar-refractivity contribution >= 4 is 11.6 Å². The Kier molecular flexibility index (Phi) is 3.09. The summed E-state index contributed by atoms with van der Waals surface area (Å²) in [6.45, 7) is 2.32. The molecule has 4 N–H and O–H groups in total. The van der Waals surface area contributed by atoms with E-state index in [9.17, 15) is 4.79 Å². The van der Waals surface area contributed by atoms with E-state index in [4.69, 9.17) is 5.73 Å². The summed E-state index contributed by atoms with van der Waals surface area (Å²) in [6, 6.07) is 7.29. The number of anilines is 1. The molecule has 0 radical (unpaired) electrons. The average molecular weight is 230 g/mol. The summed E-state index contributed by atoms with van der Waals surface area (Å²) in [5, 5.41) is 2.77. The number of hydrogen-bond donors (Lipinski definition) is 3. The molecule has 0 spiro atoms. The molecule has 1 amide bonds.